The molecule has 0 radical (unpaired) electrons. The summed E-state index contributed by atoms with van der Waals surface area (Å²) in [6.07, 6.45) is 0.906. The Kier molecular flexibility index (Phi) is 3.83. The molecule has 1 saturated carbocycles. The van der Waals surface area contributed by atoms with Crippen molar-refractivity contribution < 1.29 is 14.0 Å². The number of amides is 2. The fourth-order valence-corrected chi connectivity index (χ4v) is 1.98. The van der Waals surface area contributed by atoms with Crippen LogP contribution in [0.1, 0.15) is 13.3 Å². The molecule has 102 valence electrons. The highest BCUT2D eigenvalue weighted by Gasteiger charge is 2.40. The van der Waals surface area contributed by atoms with E-state index in [1.165, 1.54) is 29.2 Å². The van der Waals surface area contributed by atoms with E-state index in [2.05, 4.69) is 5.32 Å². The Morgan fingerprint density at radius 3 is 2.47 bits per heavy atom. The summed E-state index contributed by atoms with van der Waals surface area (Å²) < 4.78 is 12.7. The number of nitrogens with zero attached hydrogens (tertiary/aromatic N) is 1. The molecule has 5 heteroatoms. The minimum atomic E-state index is -0.354. The monoisotopic (exact) mass is 264 g/mol. The van der Waals surface area contributed by atoms with Crippen molar-refractivity contribution in [3.05, 3.63) is 30.1 Å². The molecule has 4 nitrogen and oxygen atoms in total. The molecule has 1 aromatic carbocycles. The zero-order valence-electron chi connectivity index (χ0n) is 11.0. The van der Waals surface area contributed by atoms with Gasteiger partial charge < -0.3 is 10.2 Å². The van der Waals surface area contributed by atoms with Gasteiger partial charge in [-0.05, 0) is 36.6 Å². The minimum absolute atomic E-state index is 0.0133. The molecule has 2 atom stereocenters. The maximum atomic E-state index is 12.7. The number of rotatable bonds is 4. The second-order valence-electron chi connectivity index (χ2n) is 5.07. The van der Waals surface area contributed by atoms with Crippen LogP contribution >= 0.6 is 0 Å². The third-order valence-corrected chi connectivity index (χ3v) is 3.31. The molecule has 0 aromatic heterocycles. The van der Waals surface area contributed by atoms with Crippen LogP contribution in [0.15, 0.2) is 24.3 Å². The summed E-state index contributed by atoms with van der Waals surface area (Å²) in [7, 11) is 1.62. The van der Waals surface area contributed by atoms with E-state index < -0.39 is 0 Å². The Hall–Kier alpha value is -1.91. The smallest absolute Gasteiger partial charge is 0.243 e. The van der Waals surface area contributed by atoms with Gasteiger partial charge in [0.1, 0.15) is 5.82 Å². The lowest BCUT2D eigenvalue weighted by atomic mass is 10.3. The van der Waals surface area contributed by atoms with Gasteiger partial charge in [0, 0.05) is 18.7 Å². The van der Waals surface area contributed by atoms with E-state index in [0.29, 0.717) is 11.6 Å². The zero-order chi connectivity index (χ0) is 14.0. The van der Waals surface area contributed by atoms with E-state index in [9.17, 15) is 14.0 Å². The summed E-state index contributed by atoms with van der Waals surface area (Å²) >= 11 is 0. The van der Waals surface area contributed by atoms with Gasteiger partial charge in [-0.15, -0.1) is 0 Å². The number of carbonyl (C=O) groups excluding carboxylic acids is 2. The molecule has 2 amide bonds. The Balaban J connectivity index is 1.83. The standard InChI is InChI=1S/C14H17FN2O2/c1-9-7-12(9)14(19)17(2)8-13(18)16-11-5-3-10(15)4-6-11/h3-6,9,12H,7-8H2,1-2H3,(H,16,18)/t9-,12+/m0/s1. The van der Waals surface area contributed by atoms with Crippen molar-refractivity contribution >= 4 is 17.5 Å². The van der Waals surface area contributed by atoms with E-state index in [1.807, 2.05) is 6.92 Å². The van der Waals surface area contributed by atoms with Crippen LogP contribution in [0.3, 0.4) is 0 Å². The zero-order valence-corrected chi connectivity index (χ0v) is 11.0. The van der Waals surface area contributed by atoms with Gasteiger partial charge >= 0.3 is 0 Å². The van der Waals surface area contributed by atoms with E-state index in [-0.39, 0.29) is 30.1 Å². The maximum Gasteiger partial charge on any atom is 0.243 e. The number of benzene rings is 1. The SMILES string of the molecule is C[C@H]1C[C@H]1C(=O)N(C)CC(=O)Nc1ccc(F)cc1. The number of carbonyl (C=O) groups is 2. The molecule has 0 heterocycles. The summed E-state index contributed by atoms with van der Waals surface area (Å²) in [6, 6.07) is 5.52. The van der Waals surface area contributed by atoms with Crippen LogP contribution in [-0.2, 0) is 9.59 Å². The predicted octanol–water partition coefficient (Wildman–Crippen LogP) is 1.88. The normalized spacial score (nSPS) is 20.8. The lowest BCUT2D eigenvalue weighted by Gasteiger charge is -2.16. The Bertz CT molecular complexity index is 487. The fourth-order valence-electron chi connectivity index (χ4n) is 1.98. The van der Waals surface area contributed by atoms with Crippen molar-refractivity contribution in [2.24, 2.45) is 11.8 Å². The highest BCUT2D eigenvalue weighted by Crippen LogP contribution is 2.38. The minimum Gasteiger partial charge on any atom is -0.336 e. The molecular weight excluding hydrogens is 247 g/mol. The number of hydrogen-bond acceptors (Lipinski definition) is 2. The second kappa shape index (κ2) is 5.38. The van der Waals surface area contributed by atoms with Gasteiger partial charge in [0.25, 0.3) is 0 Å². The maximum absolute atomic E-state index is 12.7. The first-order valence-corrected chi connectivity index (χ1v) is 6.28. The molecule has 0 spiro atoms. The Morgan fingerprint density at radius 1 is 1.37 bits per heavy atom. The van der Waals surface area contributed by atoms with Crippen molar-refractivity contribution in [1.82, 2.24) is 4.90 Å². The lowest BCUT2D eigenvalue weighted by molar-refractivity contribution is -0.134. The summed E-state index contributed by atoms with van der Waals surface area (Å²) in [5, 5.41) is 2.63. The second-order valence-corrected chi connectivity index (χ2v) is 5.07. The topological polar surface area (TPSA) is 49.4 Å². The van der Waals surface area contributed by atoms with Crippen LogP contribution in [0, 0.1) is 17.7 Å². The predicted molar refractivity (Wildman–Crippen MR) is 69.9 cm³/mol. The van der Waals surface area contributed by atoms with Gasteiger partial charge in [0.2, 0.25) is 11.8 Å². The van der Waals surface area contributed by atoms with Gasteiger partial charge in [0.15, 0.2) is 0 Å². The van der Waals surface area contributed by atoms with Crippen molar-refractivity contribution in [3.8, 4) is 0 Å². The molecule has 1 N–H and O–H groups in total. The number of likely N-dealkylation sites (N-methyl/N-ethyl adjacent to an activating group) is 1. The molecule has 1 fully saturated rings. The van der Waals surface area contributed by atoms with Crippen LogP contribution in [0.4, 0.5) is 10.1 Å². The largest absolute Gasteiger partial charge is 0.336 e. The summed E-state index contributed by atoms with van der Waals surface area (Å²) in [5.74, 6) is -0.121. The molecule has 1 aliphatic rings. The quantitative estimate of drug-likeness (QED) is 0.902. The molecule has 0 aliphatic heterocycles. The highest BCUT2D eigenvalue weighted by atomic mass is 19.1. The molecule has 1 aromatic rings. The third-order valence-electron chi connectivity index (χ3n) is 3.31. The Morgan fingerprint density at radius 2 is 1.95 bits per heavy atom. The first-order chi connectivity index (χ1) is 8.97. The van der Waals surface area contributed by atoms with Crippen LogP contribution in [0.25, 0.3) is 0 Å². The van der Waals surface area contributed by atoms with E-state index >= 15 is 0 Å². The van der Waals surface area contributed by atoms with Gasteiger partial charge in [0.05, 0.1) is 6.54 Å². The first kappa shape index (κ1) is 13.5. The van der Waals surface area contributed by atoms with E-state index in [4.69, 9.17) is 0 Å². The van der Waals surface area contributed by atoms with Crippen molar-refractivity contribution in [1.29, 1.82) is 0 Å². The molecule has 2 rings (SSSR count). The number of nitrogens with one attached hydrogen (secondary N) is 1. The van der Waals surface area contributed by atoms with Crippen molar-refractivity contribution in [2.45, 2.75) is 13.3 Å². The van der Waals surface area contributed by atoms with Crippen molar-refractivity contribution in [2.75, 3.05) is 18.9 Å². The summed E-state index contributed by atoms with van der Waals surface area (Å²) in [6.45, 7) is 2.04. The molecule has 0 bridgehead atoms. The molecule has 0 unspecified atom stereocenters. The van der Waals surface area contributed by atoms with Crippen LogP contribution in [0.5, 0.6) is 0 Å². The Labute approximate surface area is 111 Å². The molecule has 0 saturated heterocycles. The number of hydrogen-bond donors (Lipinski definition) is 1. The highest BCUT2D eigenvalue weighted by molar-refractivity contribution is 5.95. The lowest BCUT2D eigenvalue weighted by Crippen LogP contribution is -2.36. The van der Waals surface area contributed by atoms with Crippen LogP contribution < -0.4 is 5.32 Å². The molecule has 1 aliphatic carbocycles. The number of halogens is 1. The van der Waals surface area contributed by atoms with Gasteiger partial charge in [-0.25, -0.2) is 4.39 Å². The average molecular weight is 264 g/mol. The fraction of sp³-hybridized carbons (Fsp3) is 0.429. The summed E-state index contributed by atoms with van der Waals surface area (Å²) in [4.78, 5) is 25.0. The third kappa shape index (κ3) is 3.53. The summed E-state index contributed by atoms with van der Waals surface area (Å²) in [5.41, 5.74) is 0.520. The van der Waals surface area contributed by atoms with Crippen LogP contribution in [0.2, 0.25) is 0 Å². The van der Waals surface area contributed by atoms with Crippen LogP contribution in [-0.4, -0.2) is 30.3 Å². The molecule has 19 heavy (non-hydrogen) atoms. The van der Waals surface area contributed by atoms with Gasteiger partial charge in [-0.1, -0.05) is 6.92 Å². The number of anilines is 1. The van der Waals surface area contributed by atoms with Crippen molar-refractivity contribution in [3.63, 3.8) is 0 Å². The molecular formula is C14H17FN2O2. The van der Waals surface area contributed by atoms with Gasteiger partial charge in [-0.2, -0.15) is 0 Å². The first-order valence-electron chi connectivity index (χ1n) is 6.28. The van der Waals surface area contributed by atoms with E-state index in [0.717, 1.165) is 6.42 Å². The average Bonchev–Trinajstić information content (AvgIpc) is 3.08. The van der Waals surface area contributed by atoms with E-state index in [1.54, 1.807) is 7.05 Å². The van der Waals surface area contributed by atoms with Gasteiger partial charge in [-0.3, -0.25) is 9.59 Å².